The van der Waals surface area contributed by atoms with Gasteiger partial charge in [-0.25, -0.2) is 0 Å². The number of methoxy groups -OCH3 is 1. The Labute approximate surface area is 122 Å². The summed E-state index contributed by atoms with van der Waals surface area (Å²) in [7, 11) is 1.48. The van der Waals surface area contributed by atoms with Gasteiger partial charge in [0, 0.05) is 18.2 Å². The molecule has 0 unspecified atom stereocenters. The summed E-state index contributed by atoms with van der Waals surface area (Å²) in [6.07, 6.45) is 0. The molecule has 0 saturated carbocycles. The number of anilines is 1. The summed E-state index contributed by atoms with van der Waals surface area (Å²) in [5, 5.41) is 23.8. The highest BCUT2D eigenvalue weighted by atomic mass is 16.6. The van der Waals surface area contributed by atoms with Crippen LogP contribution >= 0.6 is 0 Å². The van der Waals surface area contributed by atoms with Crippen LogP contribution in [0.2, 0.25) is 0 Å². The lowest BCUT2D eigenvalue weighted by molar-refractivity contribution is -0.384. The average Bonchev–Trinajstić information content (AvgIpc) is 2.49. The quantitative estimate of drug-likeness (QED) is 0.500. The highest BCUT2D eigenvalue weighted by Gasteiger charge is 2.12. The molecule has 6 nitrogen and oxygen atoms in total. The fourth-order valence-electron chi connectivity index (χ4n) is 2.00. The van der Waals surface area contributed by atoms with Gasteiger partial charge in [0.05, 0.1) is 17.7 Å². The summed E-state index contributed by atoms with van der Waals surface area (Å²) in [4.78, 5) is 10.2. The fourth-order valence-corrected chi connectivity index (χ4v) is 2.00. The molecule has 0 bridgehead atoms. The molecular weight excluding hydrogens is 272 g/mol. The normalized spacial score (nSPS) is 11.7. The van der Waals surface area contributed by atoms with E-state index in [9.17, 15) is 15.2 Å². The Morgan fingerprint density at radius 3 is 2.48 bits per heavy atom. The number of nitro benzene ring substituents is 1. The van der Waals surface area contributed by atoms with Gasteiger partial charge in [-0.15, -0.1) is 0 Å². The molecular formula is C15H16N2O4. The molecule has 0 heterocycles. The van der Waals surface area contributed by atoms with Gasteiger partial charge in [0.1, 0.15) is 0 Å². The molecule has 0 fully saturated rings. The molecule has 0 aromatic heterocycles. The highest BCUT2D eigenvalue weighted by Crippen LogP contribution is 2.35. The van der Waals surface area contributed by atoms with Crippen molar-refractivity contribution in [2.75, 3.05) is 12.4 Å². The number of nitrogens with zero attached hydrogens (tertiary/aromatic N) is 1. The number of phenols is 1. The molecule has 21 heavy (non-hydrogen) atoms. The van der Waals surface area contributed by atoms with Crippen LogP contribution in [-0.4, -0.2) is 17.1 Å². The number of phenolic OH excluding ortho intramolecular Hbond substituents is 1. The van der Waals surface area contributed by atoms with Crippen molar-refractivity contribution in [3.05, 3.63) is 58.1 Å². The smallest absolute Gasteiger partial charge is 0.269 e. The van der Waals surface area contributed by atoms with E-state index in [1.165, 1.54) is 19.2 Å². The van der Waals surface area contributed by atoms with Crippen molar-refractivity contribution < 1.29 is 14.8 Å². The molecule has 2 aromatic carbocycles. The first-order valence-electron chi connectivity index (χ1n) is 6.39. The third kappa shape index (κ3) is 3.22. The molecule has 6 heteroatoms. The van der Waals surface area contributed by atoms with Crippen molar-refractivity contribution in [1.82, 2.24) is 0 Å². The Bertz CT molecular complexity index is 641. The zero-order chi connectivity index (χ0) is 15.4. The summed E-state index contributed by atoms with van der Waals surface area (Å²) in [6.45, 7) is 1.90. The van der Waals surface area contributed by atoms with Crippen molar-refractivity contribution in [3.63, 3.8) is 0 Å². The van der Waals surface area contributed by atoms with Crippen molar-refractivity contribution >= 4 is 11.4 Å². The predicted molar refractivity (Wildman–Crippen MR) is 79.8 cm³/mol. The number of ether oxygens (including phenoxy) is 1. The van der Waals surface area contributed by atoms with E-state index in [-0.39, 0.29) is 17.5 Å². The number of non-ortho nitro benzene ring substituents is 1. The molecule has 0 saturated heterocycles. The largest absolute Gasteiger partial charge is 0.503 e. The first-order chi connectivity index (χ1) is 10.0. The highest BCUT2D eigenvalue weighted by molar-refractivity contribution is 5.63. The van der Waals surface area contributed by atoms with Gasteiger partial charge in [-0.2, -0.15) is 0 Å². The molecule has 110 valence electrons. The maximum atomic E-state index is 10.6. The summed E-state index contributed by atoms with van der Waals surface area (Å²) in [5.41, 5.74) is 1.47. The average molecular weight is 288 g/mol. The standard InChI is InChI=1S/C15H16N2O4/c1-10(11-6-8-12(9-7-11)17(19)20)16-13-4-3-5-14(21-2)15(13)18/h3-10,16,18H,1-2H3/t10-/m1/s1. The second-order valence-electron chi connectivity index (χ2n) is 4.57. The lowest BCUT2D eigenvalue weighted by Gasteiger charge is -2.17. The van der Waals surface area contributed by atoms with Gasteiger partial charge in [-0.3, -0.25) is 10.1 Å². The molecule has 0 aliphatic carbocycles. The second-order valence-corrected chi connectivity index (χ2v) is 4.57. The lowest BCUT2D eigenvalue weighted by atomic mass is 10.1. The van der Waals surface area contributed by atoms with E-state index in [1.807, 2.05) is 6.92 Å². The van der Waals surface area contributed by atoms with Gasteiger partial charge in [0.15, 0.2) is 11.5 Å². The number of benzene rings is 2. The van der Waals surface area contributed by atoms with Crippen LogP contribution in [-0.2, 0) is 0 Å². The van der Waals surface area contributed by atoms with E-state index in [1.54, 1.807) is 30.3 Å². The van der Waals surface area contributed by atoms with Crippen LogP contribution in [0.5, 0.6) is 11.5 Å². The van der Waals surface area contributed by atoms with Crippen LogP contribution in [0, 0.1) is 10.1 Å². The molecule has 0 aliphatic heterocycles. The molecule has 2 N–H and O–H groups in total. The maximum Gasteiger partial charge on any atom is 0.269 e. The lowest BCUT2D eigenvalue weighted by Crippen LogP contribution is -2.07. The summed E-state index contributed by atoms with van der Waals surface area (Å²) < 4.78 is 5.05. The topological polar surface area (TPSA) is 84.6 Å². The zero-order valence-corrected chi connectivity index (χ0v) is 11.7. The molecule has 0 spiro atoms. The minimum absolute atomic E-state index is 0.0359. The number of rotatable bonds is 5. The third-order valence-electron chi connectivity index (χ3n) is 3.19. The molecule has 0 amide bonds. The Morgan fingerprint density at radius 2 is 1.90 bits per heavy atom. The third-order valence-corrected chi connectivity index (χ3v) is 3.19. The first kappa shape index (κ1) is 14.6. The maximum absolute atomic E-state index is 10.6. The molecule has 2 rings (SSSR count). The number of nitrogens with one attached hydrogen (secondary N) is 1. The van der Waals surface area contributed by atoms with Gasteiger partial charge < -0.3 is 15.2 Å². The fraction of sp³-hybridized carbons (Fsp3) is 0.200. The number of para-hydroxylation sites is 1. The van der Waals surface area contributed by atoms with Crippen LogP contribution in [0.15, 0.2) is 42.5 Å². The molecule has 2 aromatic rings. The van der Waals surface area contributed by atoms with E-state index in [0.29, 0.717) is 11.4 Å². The Kier molecular flexibility index (Phi) is 4.27. The number of aromatic hydroxyl groups is 1. The summed E-state index contributed by atoms with van der Waals surface area (Å²) >= 11 is 0. The van der Waals surface area contributed by atoms with Crippen LogP contribution in [0.3, 0.4) is 0 Å². The number of nitro groups is 1. The van der Waals surface area contributed by atoms with Crippen molar-refractivity contribution in [2.45, 2.75) is 13.0 Å². The Hall–Kier alpha value is -2.76. The first-order valence-corrected chi connectivity index (χ1v) is 6.39. The Morgan fingerprint density at radius 1 is 1.24 bits per heavy atom. The molecule has 0 radical (unpaired) electrons. The molecule has 1 atom stereocenters. The minimum Gasteiger partial charge on any atom is -0.503 e. The van der Waals surface area contributed by atoms with Crippen LogP contribution in [0.25, 0.3) is 0 Å². The van der Waals surface area contributed by atoms with Crippen molar-refractivity contribution in [1.29, 1.82) is 0 Å². The van der Waals surface area contributed by atoms with Crippen LogP contribution in [0.4, 0.5) is 11.4 Å². The van der Waals surface area contributed by atoms with Gasteiger partial charge in [0.2, 0.25) is 0 Å². The molecule has 0 aliphatic rings. The SMILES string of the molecule is COc1cccc(N[C@H](C)c2ccc([N+](=O)[O-])cc2)c1O. The van der Waals surface area contributed by atoms with Gasteiger partial charge in [0.25, 0.3) is 5.69 Å². The summed E-state index contributed by atoms with van der Waals surface area (Å²) in [6, 6.07) is 11.3. The van der Waals surface area contributed by atoms with Crippen LogP contribution in [0.1, 0.15) is 18.5 Å². The minimum atomic E-state index is -0.435. The number of hydrogen-bond donors (Lipinski definition) is 2. The second kappa shape index (κ2) is 6.13. The van der Waals surface area contributed by atoms with Gasteiger partial charge in [-0.1, -0.05) is 18.2 Å². The van der Waals surface area contributed by atoms with Gasteiger partial charge >= 0.3 is 0 Å². The van der Waals surface area contributed by atoms with E-state index in [4.69, 9.17) is 4.74 Å². The van der Waals surface area contributed by atoms with Crippen LogP contribution < -0.4 is 10.1 Å². The van der Waals surface area contributed by atoms with Crippen molar-refractivity contribution in [2.24, 2.45) is 0 Å². The zero-order valence-electron chi connectivity index (χ0n) is 11.7. The Balaban J connectivity index is 2.18. The summed E-state index contributed by atoms with van der Waals surface area (Å²) in [5.74, 6) is 0.421. The van der Waals surface area contributed by atoms with E-state index < -0.39 is 4.92 Å². The van der Waals surface area contributed by atoms with Crippen molar-refractivity contribution in [3.8, 4) is 11.5 Å². The van der Waals surface area contributed by atoms with Gasteiger partial charge in [-0.05, 0) is 24.6 Å². The van der Waals surface area contributed by atoms with E-state index in [2.05, 4.69) is 5.32 Å². The monoisotopic (exact) mass is 288 g/mol. The van der Waals surface area contributed by atoms with E-state index >= 15 is 0 Å². The predicted octanol–water partition coefficient (Wildman–Crippen LogP) is 3.48. The number of hydrogen-bond acceptors (Lipinski definition) is 5. The van der Waals surface area contributed by atoms with E-state index in [0.717, 1.165) is 5.56 Å².